The maximum atomic E-state index is 11.2. The van der Waals surface area contributed by atoms with Crippen LogP contribution in [0.5, 0.6) is 0 Å². The van der Waals surface area contributed by atoms with E-state index in [0.717, 1.165) is 0 Å². The van der Waals surface area contributed by atoms with Gasteiger partial charge in [-0.15, -0.1) is 10.2 Å². The summed E-state index contributed by atoms with van der Waals surface area (Å²) in [5.41, 5.74) is 2.68. The molecule has 0 radical (unpaired) electrons. The van der Waals surface area contributed by atoms with Crippen LogP contribution in [0.4, 0.5) is 5.82 Å². The number of rotatable bonds is 5. The van der Waals surface area contributed by atoms with E-state index in [1.165, 1.54) is 18.2 Å². The fourth-order valence-corrected chi connectivity index (χ4v) is 1.85. The van der Waals surface area contributed by atoms with Gasteiger partial charge < -0.3 is 10.1 Å². The second-order valence-corrected chi connectivity index (χ2v) is 5.05. The van der Waals surface area contributed by atoms with Crippen LogP contribution in [0.15, 0.2) is 36.4 Å². The van der Waals surface area contributed by atoms with Gasteiger partial charge in [-0.05, 0) is 29.2 Å². The number of hydrogen-bond acceptors (Lipinski definition) is 5. The zero-order valence-corrected chi connectivity index (χ0v) is 12.5. The van der Waals surface area contributed by atoms with Gasteiger partial charge in [0.15, 0.2) is 5.69 Å². The lowest BCUT2D eigenvalue weighted by molar-refractivity contribution is 0.0593. The molecular weight excluding hydrogens is 266 g/mol. The van der Waals surface area contributed by atoms with E-state index in [-0.39, 0.29) is 5.69 Å². The predicted octanol–water partition coefficient (Wildman–Crippen LogP) is 3.00. The molecular formula is C16H19N3O2. The van der Waals surface area contributed by atoms with E-state index in [0.29, 0.717) is 18.3 Å². The molecule has 21 heavy (non-hydrogen) atoms. The normalized spacial score (nSPS) is 10.5. The van der Waals surface area contributed by atoms with Crippen molar-refractivity contribution in [2.45, 2.75) is 26.3 Å². The minimum absolute atomic E-state index is 0.198. The Labute approximate surface area is 124 Å². The van der Waals surface area contributed by atoms with Crippen LogP contribution in [0.25, 0.3) is 0 Å². The van der Waals surface area contributed by atoms with Crippen LogP contribution in [0.2, 0.25) is 0 Å². The van der Waals surface area contributed by atoms with E-state index in [1.807, 2.05) is 0 Å². The van der Waals surface area contributed by atoms with E-state index >= 15 is 0 Å². The Morgan fingerprint density at radius 2 is 1.86 bits per heavy atom. The lowest BCUT2D eigenvalue weighted by atomic mass is 10.0. The molecule has 0 aliphatic rings. The summed E-state index contributed by atoms with van der Waals surface area (Å²) < 4.78 is 4.57. The van der Waals surface area contributed by atoms with E-state index in [9.17, 15) is 4.79 Å². The van der Waals surface area contributed by atoms with Crippen LogP contribution in [0.1, 0.15) is 41.4 Å². The molecule has 1 aromatic carbocycles. The molecule has 2 aromatic rings. The molecule has 0 atom stereocenters. The van der Waals surface area contributed by atoms with Gasteiger partial charge in [-0.1, -0.05) is 38.1 Å². The highest BCUT2D eigenvalue weighted by Gasteiger charge is 2.07. The summed E-state index contributed by atoms with van der Waals surface area (Å²) in [6.07, 6.45) is 0. The summed E-state index contributed by atoms with van der Waals surface area (Å²) in [7, 11) is 1.32. The number of methoxy groups -OCH3 is 1. The Balaban J connectivity index is 1.95. The Hall–Kier alpha value is -2.43. The van der Waals surface area contributed by atoms with Gasteiger partial charge in [0.2, 0.25) is 0 Å². The second kappa shape index (κ2) is 6.83. The molecule has 0 fully saturated rings. The third kappa shape index (κ3) is 4.02. The number of esters is 1. The minimum atomic E-state index is -0.488. The van der Waals surface area contributed by atoms with Gasteiger partial charge in [0.05, 0.1) is 7.11 Å². The SMILES string of the molecule is COC(=O)c1ccc(NCc2ccc(C(C)C)cc2)nn1. The van der Waals surface area contributed by atoms with E-state index < -0.39 is 5.97 Å². The predicted molar refractivity (Wildman–Crippen MR) is 81.2 cm³/mol. The highest BCUT2D eigenvalue weighted by atomic mass is 16.5. The molecule has 0 spiro atoms. The minimum Gasteiger partial charge on any atom is -0.464 e. The van der Waals surface area contributed by atoms with E-state index in [1.54, 1.807) is 12.1 Å². The molecule has 0 aliphatic heterocycles. The third-order valence-corrected chi connectivity index (χ3v) is 3.18. The van der Waals surface area contributed by atoms with Gasteiger partial charge >= 0.3 is 5.97 Å². The molecule has 0 saturated heterocycles. The maximum absolute atomic E-state index is 11.2. The van der Waals surface area contributed by atoms with Gasteiger partial charge in [0, 0.05) is 6.54 Å². The van der Waals surface area contributed by atoms with Crippen LogP contribution in [-0.4, -0.2) is 23.3 Å². The smallest absolute Gasteiger partial charge is 0.358 e. The maximum Gasteiger partial charge on any atom is 0.358 e. The molecule has 5 nitrogen and oxygen atoms in total. The van der Waals surface area contributed by atoms with Crippen molar-refractivity contribution in [2.24, 2.45) is 0 Å². The van der Waals surface area contributed by atoms with Gasteiger partial charge in [-0.3, -0.25) is 0 Å². The number of anilines is 1. The summed E-state index contributed by atoms with van der Waals surface area (Å²) in [5, 5.41) is 10.9. The number of carbonyl (C=O) groups excluding carboxylic acids is 1. The molecule has 110 valence electrons. The number of aromatic nitrogens is 2. The molecule has 1 N–H and O–H groups in total. The highest BCUT2D eigenvalue weighted by molar-refractivity contribution is 5.86. The van der Waals surface area contributed by atoms with Crippen molar-refractivity contribution < 1.29 is 9.53 Å². The first-order valence-corrected chi connectivity index (χ1v) is 6.85. The summed E-state index contributed by atoms with van der Waals surface area (Å²) in [6, 6.07) is 11.8. The van der Waals surface area contributed by atoms with Crippen LogP contribution in [0, 0.1) is 0 Å². The first-order valence-electron chi connectivity index (χ1n) is 6.85. The number of ether oxygens (including phenoxy) is 1. The van der Waals surface area contributed by atoms with Crippen LogP contribution in [0.3, 0.4) is 0 Å². The average molecular weight is 285 g/mol. The first-order chi connectivity index (χ1) is 10.1. The molecule has 0 bridgehead atoms. The van der Waals surface area contributed by atoms with Gasteiger partial charge in [-0.2, -0.15) is 0 Å². The summed E-state index contributed by atoms with van der Waals surface area (Å²) in [4.78, 5) is 11.2. The lowest BCUT2D eigenvalue weighted by Crippen LogP contribution is -2.08. The zero-order chi connectivity index (χ0) is 15.2. The molecule has 5 heteroatoms. The van der Waals surface area contributed by atoms with Crippen molar-refractivity contribution in [2.75, 3.05) is 12.4 Å². The largest absolute Gasteiger partial charge is 0.464 e. The van der Waals surface area contributed by atoms with Crippen molar-refractivity contribution >= 4 is 11.8 Å². The highest BCUT2D eigenvalue weighted by Crippen LogP contribution is 2.15. The molecule has 1 heterocycles. The second-order valence-electron chi connectivity index (χ2n) is 5.05. The van der Waals surface area contributed by atoms with Crippen LogP contribution >= 0.6 is 0 Å². The van der Waals surface area contributed by atoms with Crippen molar-refractivity contribution in [3.8, 4) is 0 Å². The zero-order valence-electron chi connectivity index (χ0n) is 12.5. The van der Waals surface area contributed by atoms with Crippen molar-refractivity contribution in [1.82, 2.24) is 10.2 Å². The fraction of sp³-hybridized carbons (Fsp3) is 0.312. The van der Waals surface area contributed by atoms with Gasteiger partial charge in [0.1, 0.15) is 5.82 Å². The Morgan fingerprint density at radius 1 is 1.14 bits per heavy atom. The molecule has 2 rings (SSSR count). The van der Waals surface area contributed by atoms with Gasteiger partial charge in [-0.25, -0.2) is 4.79 Å². The lowest BCUT2D eigenvalue weighted by Gasteiger charge is -2.08. The molecule has 1 aromatic heterocycles. The number of nitrogens with zero attached hydrogens (tertiary/aromatic N) is 2. The standard InChI is InChI=1S/C16H19N3O2/c1-11(2)13-6-4-12(5-7-13)10-17-15-9-8-14(18-19-15)16(20)21-3/h4-9,11H,10H2,1-3H3,(H,17,19). The third-order valence-electron chi connectivity index (χ3n) is 3.18. The number of nitrogens with one attached hydrogen (secondary N) is 1. The average Bonchev–Trinajstić information content (AvgIpc) is 2.53. The monoisotopic (exact) mass is 285 g/mol. The molecule has 0 aliphatic carbocycles. The van der Waals surface area contributed by atoms with Crippen molar-refractivity contribution in [3.05, 3.63) is 53.2 Å². The van der Waals surface area contributed by atoms with Crippen molar-refractivity contribution in [3.63, 3.8) is 0 Å². The first kappa shape index (κ1) is 15.0. The molecule has 0 unspecified atom stereocenters. The number of hydrogen-bond donors (Lipinski definition) is 1. The van der Waals surface area contributed by atoms with E-state index in [2.05, 4.69) is 58.4 Å². The van der Waals surface area contributed by atoms with Crippen molar-refractivity contribution in [1.29, 1.82) is 0 Å². The topological polar surface area (TPSA) is 64.1 Å². The Kier molecular flexibility index (Phi) is 4.87. The van der Waals surface area contributed by atoms with Gasteiger partial charge in [0.25, 0.3) is 0 Å². The summed E-state index contributed by atoms with van der Waals surface area (Å²) >= 11 is 0. The molecule has 0 amide bonds. The summed E-state index contributed by atoms with van der Waals surface area (Å²) in [6.45, 7) is 5.00. The number of benzene rings is 1. The number of carbonyl (C=O) groups is 1. The Morgan fingerprint density at radius 3 is 2.38 bits per heavy atom. The quantitative estimate of drug-likeness (QED) is 0.856. The van der Waals surface area contributed by atoms with Crippen LogP contribution in [-0.2, 0) is 11.3 Å². The fourth-order valence-electron chi connectivity index (χ4n) is 1.85. The van der Waals surface area contributed by atoms with Crippen LogP contribution < -0.4 is 5.32 Å². The van der Waals surface area contributed by atoms with E-state index in [4.69, 9.17) is 0 Å². The summed E-state index contributed by atoms with van der Waals surface area (Å²) in [5.74, 6) is 0.664. The Bertz CT molecular complexity index is 592. The molecule has 0 saturated carbocycles.